The minimum absolute atomic E-state index is 0.147. The Balaban J connectivity index is 2.21. The second-order valence-corrected chi connectivity index (χ2v) is 6.87. The number of rotatable bonds is 3. The van der Waals surface area contributed by atoms with Gasteiger partial charge in [-0.1, -0.05) is 0 Å². The van der Waals surface area contributed by atoms with Gasteiger partial charge in [0, 0.05) is 18.0 Å². The maximum absolute atomic E-state index is 11.8. The molecule has 1 aromatic rings. The molecule has 20 heavy (non-hydrogen) atoms. The van der Waals surface area contributed by atoms with Crippen LogP contribution in [-0.4, -0.2) is 42.4 Å². The van der Waals surface area contributed by atoms with E-state index in [-0.39, 0.29) is 17.7 Å². The van der Waals surface area contributed by atoms with E-state index in [0.717, 1.165) is 23.1 Å². The summed E-state index contributed by atoms with van der Waals surface area (Å²) in [6, 6.07) is 0. The van der Waals surface area contributed by atoms with Crippen LogP contribution in [0.25, 0.3) is 0 Å². The summed E-state index contributed by atoms with van der Waals surface area (Å²) in [5.74, 6) is -0.340. The normalized spacial score (nSPS) is 21.9. The van der Waals surface area contributed by atoms with Gasteiger partial charge in [0.1, 0.15) is 0 Å². The minimum atomic E-state index is -0.340. The van der Waals surface area contributed by atoms with E-state index in [1.165, 1.54) is 11.3 Å². The van der Waals surface area contributed by atoms with Crippen molar-refractivity contribution in [3.63, 3.8) is 0 Å². The van der Waals surface area contributed by atoms with Gasteiger partial charge < -0.3 is 14.4 Å². The van der Waals surface area contributed by atoms with Gasteiger partial charge in [-0.15, -0.1) is 11.3 Å². The van der Waals surface area contributed by atoms with Crippen molar-refractivity contribution in [3.8, 4) is 0 Å². The molecule has 0 bridgehead atoms. The third-order valence-electron chi connectivity index (χ3n) is 3.09. The Morgan fingerprint density at radius 3 is 2.90 bits per heavy atom. The average Bonchev–Trinajstić information content (AvgIpc) is 2.69. The smallest absolute Gasteiger partial charge is 0.358 e. The van der Waals surface area contributed by atoms with E-state index in [1.54, 1.807) is 6.92 Å². The summed E-state index contributed by atoms with van der Waals surface area (Å²) in [5, 5.41) is 0.869. The molecule has 5 nitrogen and oxygen atoms in total. The maximum atomic E-state index is 11.8. The molecule has 1 aliphatic heterocycles. The van der Waals surface area contributed by atoms with Crippen LogP contribution in [0.5, 0.6) is 0 Å². The van der Waals surface area contributed by atoms with Crippen LogP contribution in [0.4, 0.5) is 5.13 Å². The van der Waals surface area contributed by atoms with Crippen LogP contribution in [-0.2, 0) is 9.47 Å². The number of esters is 1. The molecular formula is C14H22N2O3S. The minimum Gasteiger partial charge on any atom is -0.461 e. The summed E-state index contributed by atoms with van der Waals surface area (Å²) in [6.45, 7) is 11.8. The number of carbonyl (C=O) groups excluding carboxylic acids is 1. The predicted octanol–water partition coefficient (Wildman–Crippen LogP) is 2.63. The molecule has 0 N–H and O–H groups in total. The van der Waals surface area contributed by atoms with Crippen molar-refractivity contribution in [1.82, 2.24) is 4.98 Å². The second-order valence-electron chi connectivity index (χ2n) is 5.69. The summed E-state index contributed by atoms with van der Waals surface area (Å²) < 4.78 is 10.9. The van der Waals surface area contributed by atoms with Crippen molar-refractivity contribution in [2.75, 3.05) is 24.6 Å². The van der Waals surface area contributed by atoms with Crippen molar-refractivity contribution < 1.29 is 14.3 Å². The van der Waals surface area contributed by atoms with E-state index in [1.807, 2.05) is 6.92 Å². The lowest BCUT2D eigenvalue weighted by atomic mass is 10.1. The number of hydrogen-bond donors (Lipinski definition) is 0. The van der Waals surface area contributed by atoms with Gasteiger partial charge in [-0.25, -0.2) is 9.78 Å². The Morgan fingerprint density at radius 2 is 2.30 bits per heavy atom. The highest BCUT2D eigenvalue weighted by atomic mass is 32.1. The lowest BCUT2D eigenvalue weighted by Gasteiger charge is -2.41. The van der Waals surface area contributed by atoms with Gasteiger partial charge in [-0.2, -0.15) is 0 Å². The quantitative estimate of drug-likeness (QED) is 0.803. The van der Waals surface area contributed by atoms with Gasteiger partial charge in [-0.3, -0.25) is 0 Å². The van der Waals surface area contributed by atoms with Crippen molar-refractivity contribution in [2.24, 2.45) is 0 Å². The number of hydrogen-bond acceptors (Lipinski definition) is 6. The molecule has 0 amide bonds. The van der Waals surface area contributed by atoms with Crippen LogP contribution in [0.2, 0.25) is 0 Å². The molecule has 0 aliphatic carbocycles. The fraction of sp³-hybridized carbons (Fsp3) is 0.714. The van der Waals surface area contributed by atoms with Crippen molar-refractivity contribution in [1.29, 1.82) is 0 Å². The number of morpholine rings is 1. The summed E-state index contributed by atoms with van der Waals surface area (Å²) in [5.41, 5.74) is 0.227. The first-order valence-corrected chi connectivity index (χ1v) is 7.71. The Bertz CT molecular complexity index is 499. The van der Waals surface area contributed by atoms with E-state index < -0.39 is 0 Å². The Labute approximate surface area is 123 Å². The molecule has 1 saturated heterocycles. The van der Waals surface area contributed by atoms with Crippen molar-refractivity contribution in [3.05, 3.63) is 10.6 Å². The fourth-order valence-electron chi connectivity index (χ4n) is 2.51. The molecule has 1 aliphatic rings. The Morgan fingerprint density at radius 1 is 1.60 bits per heavy atom. The van der Waals surface area contributed by atoms with E-state index >= 15 is 0 Å². The molecule has 0 spiro atoms. The van der Waals surface area contributed by atoms with E-state index in [0.29, 0.717) is 12.3 Å². The van der Waals surface area contributed by atoms with E-state index in [4.69, 9.17) is 9.47 Å². The molecule has 112 valence electrons. The molecule has 6 heteroatoms. The number of thiazole rings is 1. The number of aryl methyl sites for hydroxylation is 1. The molecule has 0 saturated carbocycles. The zero-order valence-corrected chi connectivity index (χ0v) is 13.5. The number of carbonyl (C=O) groups is 1. The number of anilines is 1. The maximum Gasteiger partial charge on any atom is 0.358 e. The Kier molecular flexibility index (Phi) is 4.34. The zero-order chi connectivity index (χ0) is 14.9. The predicted molar refractivity (Wildman–Crippen MR) is 79.6 cm³/mol. The summed E-state index contributed by atoms with van der Waals surface area (Å²) >= 11 is 1.54. The average molecular weight is 298 g/mol. The van der Waals surface area contributed by atoms with Gasteiger partial charge in [0.05, 0.1) is 18.3 Å². The molecule has 0 aromatic carbocycles. The van der Waals surface area contributed by atoms with Gasteiger partial charge in [-0.05, 0) is 34.6 Å². The first kappa shape index (κ1) is 15.3. The molecule has 1 atom stereocenters. The highest BCUT2D eigenvalue weighted by Crippen LogP contribution is 2.31. The fourth-order valence-corrected chi connectivity index (χ4v) is 3.41. The molecule has 1 unspecified atom stereocenters. The summed E-state index contributed by atoms with van der Waals surface area (Å²) in [7, 11) is 0. The molecule has 1 aromatic heterocycles. The lowest BCUT2D eigenvalue weighted by Crippen LogP contribution is -2.52. The van der Waals surface area contributed by atoms with Gasteiger partial charge in [0.15, 0.2) is 10.8 Å². The van der Waals surface area contributed by atoms with Crippen LogP contribution in [0, 0.1) is 6.92 Å². The number of ether oxygens (including phenoxy) is 2. The molecule has 1 fully saturated rings. The van der Waals surface area contributed by atoms with Crippen LogP contribution in [0.15, 0.2) is 0 Å². The standard InChI is InChI=1S/C14H22N2O3S/c1-6-18-12(17)11-10(3)20-13(15-11)16-7-9(2)19-14(4,5)8-16/h9H,6-8H2,1-5H3. The van der Waals surface area contributed by atoms with Crippen LogP contribution in [0.3, 0.4) is 0 Å². The van der Waals surface area contributed by atoms with Crippen molar-refractivity contribution in [2.45, 2.75) is 46.3 Å². The third-order valence-corrected chi connectivity index (χ3v) is 4.13. The van der Waals surface area contributed by atoms with Crippen LogP contribution in [0.1, 0.15) is 43.1 Å². The summed E-state index contributed by atoms with van der Waals surface area (Å²) in [4.78, 5) is 19.4. The Hall–Kier alpha value is -1.14. The van der Waals surface area contributed by atoms with Gasteiger partial charge in [0.2, 0.25) is 0 Å². The first-order chi connectivity index (χ1) is 9.32. The van der Waals surface area contributed by atoms with Crippen LogP contribution < -0.4 is 4.90 Å². The molecule has 2 heterocycles. The summed E-state index contributed by atoms with van der Waals surface area (Å²) in [6.07, 6.45) is 0.147. The van der Waals surface area contributed by atoms with Gasteiger partial charge >= 0.3 is 5.97 Å². The largest absolute Gasteiger partial charge is 0.461 e. The number of aromatic nitrogens is 1. The van der Waals surface area contributed by atoms with Gasteiger partial charge in [0.25, 0.3) is 0 Å². The highest BCUT2D eigenvalue weighted by molar-refractivity contribution is 7.15. The highest BCUT2D eigenvalue weighted by Gasteiger charge is 2.33. The third kappa shape index (κ3) is 3.30. The van der Waals surface area contributed by atoms with E-state index in [2.05, 4.69) is 30.7 Å². The molecular weight excluding hydrogens is 276 g/mol. The van der Waals surface area contributed by atoms with E-state index in [9.17, 15) is 4.79 Å². The second kappa shape index (κ2) is 5.69. The SMILES string of the molecule is CCOC(=O)c1nc(N2CC(C)OC(C)(C)C2)sc1C. The van der Waals surface area contributed by atoms with Crippen LogP contribution >= 0.6 is 11.3 Å². The van der Waals surface area contributed by atoms with Crippen molar-refractivity contribution >= 4 is 22.4 Å². The topological polar surface area (TPSA) is 51.7 Å². The zero-order valence-electron chi connectivity index (χ0n) is 12.7. The lowest BCUT2D eigenvalue weighted by molar-refractivity contribution is -0.0749. The molecule has 0 radical (unpaired) electrons. The molecule has 2 rings (SSSR count). The monoisotopic (exact) mass is 298 g/mol. The number of nitrogens with zero attached hydrogens (tertiary/aromatic N) is 2. The first-order valence-electron chi connectivity index (χ1n) is 6.89.